The van der Waals surface area contributed by atoms with Crippen molar-refractivity contribution >= 4 is 5.84 Å². The third kappa shape index (κ3) is 4.39. The summed E-state index contributed by atoms with van der Waals surface area (Å²) in [6, 6.07) is 0.628. The Morgan fingerprint density at radius 2 is 1.88 bits per heavy atom. The first-order chi connectivity index (χ1) is 7.38. The number of nitrogens with zero attached hydrogens (tertiary/aromatic N) is 2. The van der Waals surface area contributed by atoms with Crippen LogP contribution in [0.2, 0.25) is 0 Å². The number of rotatable bonds is 7. The Morgan fingerprint density at radius 3 is 2.25 bits per heavy atom. The molecule has 16 heavy (non-hydrogen) atoms. The first-order valence-electron chi connectivity index (χ1n) is 6.07. The summed E-state index contributed by atoms with van der Waals surface area (Å²) in [6.07, 6.45) is 3.23. The normalized spacial score (nSPS) is 13.8. The molecule has 96 valence electrons. The second-order valence-corrected chi connectivity index (χ2v) is 5.07. The fourth-order valence-corrected chi connectivity index (χ4v) is 1.81. The second kappa shape index (κ2) is 6.74. The van der Waals surface area contributed by atoms with Gasteiger partial charge in [0.25, 0.3) is 0 Å². The molecule has 4 heteroatoms. The summed E-state index contributed by atoms with van der Waals surface area (Å²) >= 11 is 0. The van der Waals surface area contributed by atoms with E-state index in [1.54, 1.807) is 0 Å². The molecule has 0 aromatic rings. The lowest BCUT2D eigenvalue weighted by atomic mass is 9.87. The van der Waals surface area contributed by atoms with Gasteiger partial charge >= 0.3 is 0 Å². The Labute approximate surface area is 99.5 Å². The maximum Gasteiger partial charge on any atom is 0.144 e. The highest BCUT2D eigenvalue weighted by Gasteiger charge is 2.24. The molecule has 3 N–H and O–H groups in total. The zero-order valence-electron chi connectivity index (χ0n) is 11.3. The lowest BCUT2D eigenvalue weighted by Gasteiger charge is -2.30. The molecule has 0 aliphatic rings. The summed E-state index contributed by atoms with van der Waals surface area (Å²) in [6.45, 7) is 9.39. The molecule has 0 rings (SSSR count). The molecule has 0 heterocycles. The maximum atomic E-state index is 8.69. The van der Waals surface area contributed by atoms with Gasteiger partial charge in [0.05, 0.1) is 0 Å². The minimum absolute atomic E-state index is 0.241. The molecule has 0 aromatic carbocycles. The second-order valence-electron chi connectivity index (χ2n) is 5.07. The Morgan fingerprint density at radius 1 is 1.38 bits per heavy atom. The number of nitrogens with two attached hydrogens (primary N) is 1. The highest BCUT2D eigenvalue weighted by Crippen LogP contribution is 2.21. The molecular weight excluding hydrogens is 202 g/mol. The van der Waals surface area contributed by atoms with Crippen LogP contribution >= 0.6 is 0 Å². The maximum absolute atomic E-state index is 8.69. The number of oxime groups is 1. The molecule has 0 atom stereocenters. The van der Waals surface area contributed by atoms with E-state index < -0.39 is 0 Å². The van der Waals surface area contributed by atoms with E-state index in [-0.39, 0.29) is 5.41 Å². The van der Waals surface area contributed by atoms with Gasteiger partial charge in [-0.05, 0) is 32.9 Å². The van der Waals surface area contributed by atoms with E-state index in [4.69, 9.17) is 10.9 Å². The van der Waals surface area contributed by atoms with Gasteiger partial charge < -0.3 is 15.8 Å². The summed E-state index contributed by atoms with van der Waals surface area (Å²) in [5, 5.41) is 11.8. The van der Waals surface area contributed by atoms with Crippen LogP contribution in [-0.4, -0.2) is 35.6 Å². The molecule has 0 unspecified atom stereocenters. The highest BCUT2D eigenvalue weighted by atomic mass is 16.4. The van der Waals surface area contributed by atoms with Crippen molar-refractivity contribution in [3.63, 3.8) is 0 Å². The average molecular weight is 229 g/mol. The van der Waals surface area contributed by atoms with Crippen molar-refractivity contribution in [3.05, 3.63) is 0 Å². The van der Waals surface area contributed by atoms with E-state index in [2.05, 4.69) is 31.0 Å². The van der Waals surface area contributed by atoms with Crippen LogP contribution in [-0.2, 0) is 0 Å². The summed E-state index contributed by atoms with van der Waals surface area (Å²) in [5.41, 5.74) is 5.42. The molecule has 0 amide bonds. The number of hydrogen-bond acceptors (Lipinski definition) is 3. The Balaban J connectivity index is 4.23. The third-order valence-corrected chi connectivity index (χ3v) is 3.46. The van der Waals surface area contributed by atoms with E-state index in [0.29, 0.717) is 11.9 Å². The van der Waals surface area contributed by atoms with E-state index in [1.165, 1.54) is 0 Å². The van der Waals surface area contributed by atoms with Gasteiger partial charge in [-0.3, -0.25) is 0 Å². The molecule has 0 fully saturated rings. The van der Waals surface area contributed by atoms with Crippen molar-refractivity contribution in [3.8, 4) is 0 Å². The van der Waals surface area contributed by atoms with E-state index in [0.717, 1.165) is 25.8 Å². The molecule has 0 saturated carbocycles. The lowest BCUT2D eigenvalue weighted by molar-refractivity contribution is 0.207. The van der Waals surface area contributed by atoms with Gasteiger partial charge in [0.2, 0.25) is 0 Å². The molecule has 0 radical (unpaired) electrons. The molecule has 0 aromatic heterocycles. The minimum atomic E-state index is -0.241. The Hall–Kier alpha value is -0.770. The van der Waals surface area contributed by atoms with Crippen molar-refractivity contribution in [2.45, 2.75) is 53.0 Å². The van der Waals surface area contributed by atoms with Crippen LogP contribution < -0.4 is 5.73 Å². The molecule has 0 bridgehead atoms. The molecular formula is C12H27N3O. The summed E-state index contributed by atoms with van der Waals surface area (Å²) in [7, 11) is 2.14. The third-order valence-electron chi connectivity index (χ3n) is 3.46. The van der Waals surface area contributed by atoms with Crippen LogP contribution in [0.5, 0.6) is 0 Å². The molecule has 0 saturated heterocycles. The summed E-state index contributed by atoms with van der Waals surface area (Å²) in [5.74, 6) is 0.311. The van der Waals surface area contributed by atoms with Crippen LogP contribution in [0, 0.1) is 5.41 Å². The fourth-order valence-electron chi connectivity index (χ4n) is 1.81. The smallest absolute Gasteiger partial charge is 0.144 e. The number of hydrogen-bond donors (Lipinski definition) is 2. The van der Waals surface area contributed by atoms with Crippen LogP contribution in [0.1, 0.15) is 47.0 Å². The lowest BCUT2D eigenvalue weighted by Crippen LogP contribution is -2.38. The van der Waals surface area contributed by atoms with Crippen LogP contribution in [0.4, 0.5) is 0 Å². The molecule has 4 nitrogen and oxygen atoms in total. The first-order valence-corrected chi connectivity index (χ1v) is 6.07. The molecule has 0 aliphatic heterocycles. The van der Waals surface area contributed by atoms with Gasteiger partial charge in [0.15, 0.2) is 0 Å². The predicted octanol–water partition coefficient (Wildman–Crippen LogP) is 2.27. The molecule has 0 spiro atoms. The van der Waals surface area contributed by atoms with Crippen molar-refractivity contribution in [2.75, 3.05) is 13.6 Å². The van der Waals surface area contributed by atoms with Crippen LogP contribution in [0.25, 0.3) is 0 Å². The SMILES string of the molecule is CCC(CC)N(C)CCC(C)(C)C(N)=NO. The van der Waals surface area contributed by atoms with Crippen molar-refractivity contribution in [2.24, 2.45) is 16.3 Å². The van der Waals surface area contributed by atoms with E-state index in [1.807, 2.05) is 13.8 Å². The molecule has 0 aliphatic carbocycles. The standard InChI is InChI=1S/C12H27N3O/c1-6-10(7-2)15(5)9-8-12(3,4)11(13)14-16/h10,16H,6-9H2,1-5H3,(H2,13,14). The van der Waals surface area contributed by atoms with Crippen LogP contribution in [0.3, 0.4) is 0 Å². The summed E-state index contributed by atoms with van der Waals surface area (Å²) in [4.78, 5) is 2.35. The van der Waals surface area contributed by atoms with Gasteiger partial charge in [-0.25, -0.2) is 0 Å². The van der Waals surface area contributed by atoms with Crippen molar-refractivity contribution < 1.29 is 5.21 Å². The summed E-state index contributed by atoms with van der Waals surface area (Å²) < 4.78 is 0. The largest absolute Gasteiger partial charge is 0.409 e. The van der Waals surface area contributed by atoms with E-state index in [9.17, 15) is 0 Å². The quantitative estimate of drug-likeness (QED) is 0.305. The highest BCUT2D eigenvalue weighted by molar-refractivity contribution is 5.85. The first kappa shape index (κ1) is 15.2. The Kier molecular flexibility index (Phi) is 6.41. The fraction of sp³-hybridized carbons (Fsp3) is 0.917. The predicted molar refractivity (Wildman–Crippen MR) is 68.8 cm³/mol. The van der Waals surface area contributed by atoms with Gasteiger partial charge in [0.1, 0.15) is 5.84 Å². The zero-order chi connectivity index (χ0) is 12.8. The van der Waals surface area contributed by atoms with Gasteiger partial charge in [-0.1, -0.05) is 32.9 Å². The van der Waals surface area contributed by atoms with Gasteiger partial charge in [-0.2, -0.15) is 0 Å². The minimum Gasteiger partial charge on any atom is -0.409 e. The number of amidine groups is 1. The van der Waals surface area contributed by atoms with E-state index >= 15 is 0 Å². The van der Waals surface area contributed by atoms with Crippen LogP contribution in [0.15, 0.2) is 5.16 Å². The van der Waals surface area contributed by atoms with Crippen molar-refractivity contribution in [1.82, 2.24) is 4.90 Å². The Bertz CT molecular complexity index is 222. The zero-order valence-corrected chi connectivity index (χ0v) is 11.3. The topological polar surface area (TPSA) is 61.8 Å². The monoisotopic (exact) mass is 229 g/mol. The van der Waals surface area contributed by atoms with Gasteiger partial charge in [0, 0.05) is 11.5 Å². The van der Waals surface area contributed by atoms with Gasteiger partial charge in [-0.15, -0.1) is 0 Å². The average Bonchev–Trinajstić information content (AvgIpc) is 2.27. The van der Waals surface area contributed by atoms with Crippen molar-refractivity contribution in [1.29, 1.82) is 0 Å².